The lowest BCUT2D eigenvalue weighted by Crippen LogP contribution is -2.22. The van der Waals surface area contributed by atoms with Crippen molar-refractivity contribution < 1.29 is 4.39 Å². The summed E-state index contributed by atoms with van der Waals surface area (Å²) in [5.74, 6) is -0.386. The van der Waals surface area contributed by atoms with Crippen LogP contribution in [0.2, 0.25) is 0 Å². The molecule has 3 rings (SSSR count). The monoisotopic (exact) mass is 295 g/mol. The zero-order valence-corrected chi connectivity index (χ0v) is 12.8. The van der Waals surface area contributed by atoms with E-state index < -0.39 is 0 Å². The average Bonchev–Trinajstić information content (AvgIpc) is 2.50. The van der Waals surface area contributed by atoms with Gasteiger partial charge in [0.2, 0.25) is 0 Å². The van der Waals surface area contributed by atoms with Gasteiger partial charge in [0.1, 0.15) is 5.82 Å². The first-order valence-electron chi connectivity index (χ1n) is 7.51. The van der Waals surface area contributed by atoms with Crippen LogP contribution in [0.4, 0.5) is 4.39 Å². The minimum Gasteiger partial charge on any atom is -0.281 e. The fourth-order valence-corrected chi connectivity index (χ4v) is 2.75. The summed E-state index contributed by atoms with van der Waals surface area (Å²) in [6.45, 7) is 4.09. The first-order valence-corrected chi connectivity index (χ1v) is 7.51. The third kappa shape index (κ3) is 2.54. The molecule has 0 spiro atoms. The van der Waals surface area contributed by atoms with Crippen LogP contribution in [-0.2, 0) is 6.42 Å². The van der Waals surface area contributed by atoms with Crippen molar-refractivity contribution in [2.45, 2.75) is 26.7 Å². The molecule has 0 N–H and O–H groups in total. The van der Waals surface area contributed by atoms with Crippen molar-refractivity contribution in [1.82, 2.24) is 4.57 Å². The van der Waals surface area contributed by atoms with Crippen molar-refractivity contribution in [2.24, 2.45) is 0 Å². The van der Waals surface area contributed by atoms with E-state index in [1.165, 1.54) is 12.1 Å². The van der Waals surface area contributed by atoms with Gasteiger partial charge in [-0.2, -0.15) is 0 Å². The SMILES string of the molecule is CCCc1cc2ccc(F)cc2c(=O)n1-c1ccc(C)cc1. The normalized spacial score (nSPS) is 11.0. The van der Waals surface area contributed by atoms with Crippen molar-refractivity contribution in [1.29, 1.82) is 0 Å². The highest BCUT2D eigenvalue weighted by Crippen LogP contribution is 2.18. The van der Waals surface area contributed by atoms with Crippen LogP contribution in [0.15, 0.2) is 53.3 Å². The van der Waals surface area contributed by atoms with E-state index in [-0.39, 0.29) is 11.4 Å². The molecule has 0 saturated carbocycles. The first kappa shape index (κ1) is 14.5. The molecule has 0 atom stereocenters. The number of hydrogen-bond acceptors (Lipinski definition) is 1. The molecule has 3 aromatic rings. The number of hydrogen-bond donors (Lipinski definition) is 0. The summed E-state index contributed by atoms with van der Waals surface area (Å²) in [6.07, 6.45) is 1.74. The lowest BCUT2D eigenvalue weighted by molar-refractivity contribution is 0.629. The Hall–Kier alpha value is -2.42. The third-order valence-corrected chi connectivity index (χ3v) is 3.86. The fraction of sp³-hybridized carbons (Fsp3) is 0.211. The molecular formula is C19H18FNO. The average molecular weight is 295 g/mol. The van der Waals surface area contributed by atoms with E-state index in [0.29, 0.717) is 5.39 Å². The number of fused-ring (bicyclic) bond motifs is 1. The van der Waals surface area contributed by atoms with Crippen LogP contribution in [0, 0.1) is 12.7 Å². The van der Waals surface area contributed by atoms with Crippen molar-refractivity contribution >= 4 is 10.8 Å². The summed E-state index contributed by atoms with van der Waals surface area (Å²) in [5, 5.41) is 1.21. The summed E-state index contributed by atoms with van der Waals surface area (Å²) in [7, 11) is 0. The molecule has 0 saturated heterocycles. The molecular weight excluding hydrogens is 277 g/mol. The Kier molecular flexibility index (Phi) is 3.80. The van der Waals surface area contributed by atoms with Gasteiger partial charge in [0, 0.05) is 11.4 Å². The lowest BCUT2D eigenvalue weighted by Gasteiger charge is -2.14. The van der Waals surface area contributed by atoms with Crippen molar-refractivity contribution in [3.8, 4) is 5.69 Å². The Bertz CT molecular complexity index is 878. The molecule has 2 nitrogen and oxygen atoms in total. The Balaban J connectivity index is 2.34. The number of halogens is 1. The molecule has 3 heteroatoms. The number of nitrogens with zero attached hydrogens (tertiary/aromatic N) is 1. The quantitative estimate of drug-likeness (QED) is 0.702. The van der Waals surface area contributed by atoms with Crippen molar-refractivity contribution in [2.75, 3.05) is 0 Å². The van der Waals surface area contributed by atoms with Gasteiger partial charge >= 0.3 is 0 Å². The molecule has 0 aliphatic rings. The van der Waals surface area contributed by atoms with Gasteiger partial charge in [0.15, 0.2) is 0 Å². The van der Waals surface area contributed by atoms with Crippen LogP contribution in [0.1, 0.15) is 24.6 Å². The molecule has 0 aliphatic heterocycles. The minimum absolute atomic E-state index is 0.163. The number of aromatic nitrogens is 1. The van der Waals surface area contributed by atoms with Crippen LogP contribution in [0.3, 0.4) is 0 Å². The molecule has 112 valence electrons. The van der Waals surface area contributed by atoms with E-state index >= 15 is 0 Å². The highest BCUT2D eigenvalue weighted by molar-refractivity contribution is 5.82. The fourth-order valence-electron chi connectivity index (χ4n) is 2.75. The van der Waals surface area contributed by atoms with Crippen molar-refractivity contribution in [3.05, 3.63) is 76.0 Å². The number of benzene rings is 2. The van der Waals surface area contributed by atoms with Gasteiger partial charge in [-0.15, -0.1) is 0 Å². The second-order valence-corrected chi connectivity index (χ2v) is 5.59. The Morgan fingerprint density at radius 3 is 2.45 bits per heavy atom. The molecule has 0 unspecified atom stereocenters. The summed E-state index contributed by atoms with van der Waals surface area (Å²) < 4.78 is 15.2. The summed E-state index contributed by atoms with van der Waals surface area (Å²) in [5.41, 5.74) is 2.76. The molecule has 0 fully saturated rings. The van der Waals surface area contributed by atoms with Gasteiger partial charge in [0.25, 0.3) is 5.56 Å². The molecule has 1 heterocycles. The highest BCUT2D eigenvalue weighted by Gasteiger charge is 2.11. The molecule has 2 aromatic carbocycles. The van der Waals surface area contributed by atoms with Crippen LogP contribution >= 0.6 is 0 Å². The topological polar surface area (TPSA) is 22.0 Å². The predicted octanol–water partition coefficient (Wildman–Crippen LogP) is 4.39. The second-order valence-electron chi connectivity index (χ2n) is 5.59. The summed E-state index contributed by atoms with van der Waals surface area (Å²) in [6, 6.07) is 14.2. The van der Waals surface area contributed by atoms with E-state index in [9.17, 15) is 9.18 Å². The lowest BCUT2D eigenvalue weighted by atomic mass is 10.1. The highest BCUT2D eigenvalue weighted by atomic mass is 19.1. The van der Waals surface area contributed by atoms with Gasteiger partial charge in [-0.1, -0.05) is 37.1 Å². The summed E-state index contributed by atoms with van der Waals surface area (Å²) in [4.78, 5) is 12.9. The van der Waals surface area contributed by atoms with Gasteiger partial charge < -0.3 is 0 Å². The molecule has 0 radical (unpaired) electrons. The maximum Gasteiger partial charge on any atom is 0.263 e. The zero-order valence-electron chi connectivity index (χ0n) is 12.8. The van der Waals surface area contributed by atoms with Crippen molar-refractivity contribution in [3.63, 3.8) is 0 Å². The Morgan fingerprint density at radius 1 is 1.05 bits per heavy atom. The van der Waals surface area contributed by atoms with E-state index in [0.717, 1.165) is 35.2 Å². The molecule has 1 aromatic heterocycles. The van der Waals surface area contributed by atoms with Crippen LogP contribution in [-0.4, -0.2) is 4.57 Å². The van der Waals surface area contributed by atoms with E-state index in [4.69, 9.17) is 0 Å². The Morgan fingerprint density at radius 2 is 1.77 bits per heavy atom. The third-order valence-electron chi connectivity index (χ3n) is 3.86. The molecule has 0 bridgehead atoms. The Labute approximate surface area is 128 Å². The second kappa shape index (κ2) is 5.76. The van der Waals surface area contributed by atoms with Crippen LogP contribution < -0.4 is 5.56 Å². The maximum atomic E-state index is 13.5. The maximum absolute atomic E-state index is 13.5. The first-order chi connectivity index (χ1) is 10.6. The predicted molar refractivity (Wildman–Crippen MR) is 88.2 cm³/mol. The number of rotatable bonds is 3. The molecule has 0 aliphatic carbocycles. The zero-order chi connectivity index (χ0) is 15.7. The van der Waals surface area contributed by atoms with E-state index in [1.54, 1.807) is 10.6 Å². The van der Waals surface area contributed by atoms with Gasteiger partial charge in [-0.25, -0.2) is 4.39 Å². The minimum atomic E-state index is -0.386. The largest absolute Gasteiger partial charge is 0.281 e. The van der Waals surface area contributed by atoms with Gasteiger partial charge in [-0.05, 0) is 49.1 Å². The van der Waals surface area contributed by atoms with Gasteiger partial charge in [-0.3, -0.25) is 9.36 Å². The number of aryl methyl sites for hydroxylation is 2. The summed E-state index contributed by atoms with van der Waals surface area (Å²) >= 11 is 0. The standard InChI is InChI=1S/C19H18FNO/c1-3-4-17-11-14-7-8-15(20)12-18(14)19(22)21(17)16-9-5-13(2)6-10-16/h5-12H,3-4H2,1-2H3. The van der Waals surface area contributed by atoms with Crippen LogP contribution in [0.25, 0.3) is 16.5 Å². The van der Waals surface area contributed by atoms with E-state index in [2.05, 4.69) is 6.92 Å². The number of pyridine rings is 1. The van der Waals surface area contributed by atoms with Gasteiger partial charge in [0.05, 0.1) is 5.39 Å². The van der Waals surface area contributed by atoms with E-state index in [1.807, 2.05) is 37.3 Å². The molecule has 22 heavy (non-hydrogen) atoms. The smallest absolute Gasteiger partial charge is 0.263 e. The van der Waals surface area contributed by atoms with Crippen LogP contribution in [0.5, 0.6) is 0 Å². The molecule has 0 amide bonds.